The van der Waals surface area contributed by atoms with E-state index in [9.17, 15) is 9.59 Å². The predicted octanol–water partition coefficient (Wildman–Crippen LogP) is 1.72. The molecule has 0 aromatic heterocycles. The molecule has 2 aliphatic rings. The molecular weight excluding hydrogens is 270 g/mol. The highest BCUT2D eigenvalue weighted by Gasteiger charge is 2.24. The number of rotatable bonds is 3. The molecular formula is C15H19N3O3. The monoisotopic (exact) mass is 289 g/mol. The molecule has 0 bridgehead atoms. The fraction of sp³-hybridized carbons (Fsp3) is 0.467. The maximum Gasteiger partial charge on any atom is 0.414 e. The van der Waals surface area contributed by atoms with Gasteiger partial charge in [-0.2, -0.15) is 0 Å². The van der Waals surface area contributed by atoms with Gasteiger partial charge in [-0.1, -0.05) is 12.5 Å². The van der Waals surface area contributed by atoms with Crippen LogP contribution < -0.4 is 15.5 Å². The summed E-state index contributed by atoms with van der Waals surface area (Å²) >= 11 is 0. The third-order valence-electron chi connectivity index (χ3n) is 3.81. The summed E-state index contributed by atoms with van der Waals surface area (Å²) in [5, 5.41) is 6.13. The van der Waals surface area contributed by atoms with Gasteiger partial charge in [0.1, 0.15) is 6.61 Å². The molecule has 6 nitrogen and oxygen atoms in total. The number of piperidine rings is 1. The maximum atomic E-state index is 12.2. The zero-order chi connectivity index (χ0) is 14.7. The Balaban J connectivity index is 1.68. The quantitative estimate of drug-likeness (QED) is 0.889. The molecule has 0 aliphatic carbocycles. The summed E-state index contributed by atoms with van der Waals surface area (Å²) in [6, 6.07) is 7.16. The van der Waals surface area contributed by atoms with E-state index < -0.39 is 0 Å². The third kappa shape index (κ3) is 3.16. The van der Waals surface area contributed by atoms with Gasteiger partial charge < -0.3 is 15.4 Å². The van der Waals surface area contributed by atoms with Gasteiger partial charge >= 0.3 is 6.09 Å². The van der Waals surface area contributed by atoms with Crippen LogP contribution in [0.1, 0.15) is 19.3 Å². The molecule has 0 spiro atoms. The van der Waals surface area contributed by atoms with Crippen molar-refractivity contribution in [2.24, 2.45) is 0 Å². The van der Waals surface area contributed by atoms with Crippen molar-refractivity contribution in [1.29, 1.82) is 0 Å². The van der Waals surface area contributed by atoms with Crippen LogP contribution in [0, 0.1) is 0 Å². The first-order valence-electron chi connectivity index (χ1n) is 7.33. The van der Waals surface area contributed by atoms with Crippen LogP contribution >= 0.6 is 0 Å². The fourth-order valence-corrected chi connectivity index (χ4v) is 2.68. The van der Waals surface area contributed by atoms with Crippen LogP contribution in [0.15, 0.2) is 24.3 Å². The summed E-state index contributed by atoms with van der Waals surface area (Å²) < 4.78 is 4.93. The highest BCUT2D eigenvalue weighted by molar-refractivity contribution is 5.96. The van der Waals surface area contributed by atoms with Crippen LogP contribution in [0.3, 0.4) is 0 Å². The van der Waals surface area contributed by atoms with Crippen LogP contribution in [0.4, 0.5) is 16.2 Å². The Bertz CT molecular complexity index is 541. The van der Waals surface area contributed by atoms with E-state index >= 15 is 0 Å². The van der Waals surface area contributed by atoms with Gasteiger partial charge in [0.05, 0.1) is 12.6 Å². The SMILES string of the molecule is O=C(Nc1cccc(N2CCOC2=O)c1)[C@@H]1CCCCN1. The Morgan fingerprint density at radius 3 is 3.00 bits per heavy atom. The molecule has 1 atom stereocenters. The molecule has 3 rings (SSSR count). The first kappa shape index (κ1) is 13.9. The molecule has 2 N–H and O–H groups in total. The van der Waals surface area contributed by atoms with Crippen LogP contribution in [0.5, 0.6) is 0 Å². The molecule has 6 heteroatoms. The summed E-state index contributed by atoms with van der Waals surface area (Å²) in [7, 11) is 0. The van der Waals surface area contributed by atoms with Gasteiger partial charge in [0.25, 0.3) is 0 Å². The average molecular weight is 289 g/mol. The molecule has 2 amide bonds. The smallest absolute Gasteiger partial charge is 0.414 e. The normalized spacial score (nSPS) is 22.0. The maximum absolute atomic E-state index is 12.2. The van der Waals surface area contributed by atoms with Crippen molar-refractivity contribution in [1.82, 2.24) is 5.32 Å². The van der Waals surface area contributed by atoms with Crippen molar-refractivity contribution >= 4 is 23.4 Å². The lowest BCUT2D eigenvalue weighted by molar-refractivity contribution is -0.118. The molecule has 0 radical (unpaired) electrons. The van der Waals surface area contributed by atoms with E-state index in [2.05, 4.69) is 10.6 Å². The second-order valence-corrected chi connectivity index (χ2v) is 5.31. The van der Waals surface area contributed by atoms with E-state index in [4.69, 9.17) is 4.74 Å². The van der Waals surface area contributed by atoms with E-state index in [0.717, 1.165) is 31.5 Å². The number of amides is 2. The number of hydrogen-bond donors (Lipinski definition) is 2. The Morgan fingerprint density at radius 1 is 1.38 bits per heavy atom. The van der Waals surface area contributed by atoms with Crippen LogP contribution in [-0.4, -0.2) is 37.7 Å². The first-order valence-corrected chi connectivity index (χ1v) is 7.33. The third-order valence-corrected chi connectivity index (χ3v) is 3.81. The van der Waals surface area contributed by atoms with Gasteiger partial charge in [0.15, 0.2) is 0 Å². The topological polar surface area (TPSA) is 70.7 Å². The number of hydrogen-bond acceptors (Lipinski definition) is 4. The zero-order valence-electron chi connectivity index (χ0n) is 11.8. The number of anilines is 2. The van der Waals surface area contributed by atoms with Crippen LogP contribution in [0.25, 0.3) is 0 Å². The van der Waals surface area contributed by atoms with Gasteiger partial charge in [0, 0.05) is 11.4 Å². The average Bonchev–Trinajstić information content (AvgIpc) is 2.94. The van der Waals surface area contributed by atoms with E-state index in [1.165, 1.54) is 0 Å². The first-order chi connectivity index (χ1) is 10.2. The Kier molecular flexibility index (Phi) is 4.06. The minimum absolute atomic E-state index is 0.0177. The number of nitrogens with zero attached hydrogens (tertiary/aromatic N) is 1. The minimum Gasteiger partial charge on any atom is -0.447 e. The van der Waals surface area contributed by atoms with E-state index in [1.807, 2.05) is 18.2 Å². The Hall–Kier alpha value is -2.08. The number of benzene rings is 1. The Morgan fingerprint density at radius 2 is 2.29 bits per heavy atom. The highest BCUT2D eigenvalue weighted by atomic mass is 16.6. The minimum atomic E-state index is -0.340. The summed E-state index contributed by atoms with van der Waals surface area (Å²) in [6.07, 6.45) is 2.72. The summed E-state index contributed by atoms with van der Waals surface area (Å²) in [6.45, 7) is 1.83. The van der Waals surface area contributed by atoms with Crippen molar-refractivity contribution in [2.45, 2.75) is 25.3 Å². The molecule has 21 heavy (non-hydrogen) atoms. The lowest BCUT2D eigenvalue weighted by Crippen LogP contribution is -2.43. The van der Waals surface area contributed by atoms with Crippen molar-refractivity contribution in [3.05, 3.63) is 24.3 Å². The summed E-state index contributed by atoms with van der Waals surface area (Å²) in [5.74, 6) is -0.0177. The molecule has 2 heterocycles. The Labute approximate surface area is 123 Å². The van der Waals surface area contributed by atoms with Gasteiger partial charge in [-0.05, 0) is 37.6 Å². The standard InChI is InChI=1S/C15H19N3O3/c19-14(13-6-1-2-7-16-13)17-11-4-3-5-12(10-11)18-8-9-21-15(18)20/h3-5,10,13,16H,1-2,6-9H2,(H,17,19)/t13-/m0/s1. The van der Waals surface area contributed by atoms with Gasteiger partial charge in [0.2, 0.25) is 5.91 Å². The zero-order valence-corrected chi connectivity index (χ0v) is 11.8. The summed E-state index contributed by atoms with van der Waals surface area (Å²) in [5.41, 5.74) is 1.44. The molecule has 0 saturated carbocycles. The van der Waals surface area contributed by atoms with Crippen LogP contribution in [0.2, 0.25) is 0 Å². The van der Waals surface area contributed by atoms with Crippen molar-refractivity contribution in [2.75, 3.05) is 29.9 Å². The second-order valence-electron chi connectivity index (χ2n) is 5.31. The highest BCUT2D eigenvalue weighted by Crippen LogP contribution is 2.22. The lowest BCUT2D eigenvalue weighted by atomic mass is 10.0. The lowest BCUT2D eigenvalue weighted by Gasteiger charge is -2.22. The molecule has 0 unspecified atom stereocenters. The molecule has 1 aromatic carbocycles. The predicted molar refractivity (Wildman–Crippen MR) is 79.4 cm³/mol. The number of ether oxygens (including phenoxy) is 1. The largest absolute Gasteiger partial charge is 0.447 e. The van der Waals surface area contributed by atoms with Gasteiger partial charge in [-0.15, -0.1) is 0 Å². The fourth-order valence-electron chi connectivity index (χ4n) is 2.68. The number of nitrogens with one attached hydrogen (secondary N) is 2. The van der Waals surface area contributed by atoms with E-state index in [0.29, 0.717) is 18.8 Å². The number of cyclic esters (lactones) is 1. The second kappa shape index (κ2) is 6.13. The van der Waals surface area contributed by atoms with Crippen molar-refractivity contribution < 1.29 is 14.3 Å². The summed E-state index contributed by atoms with van der Waals surface area (Å²) in [4.78, 5) is 25.3. The molecule has 2 saturated heterocycles. The number of carbonyl (C=O) groups is 2. The number of carbonyl (C=O) groups excluding carboxylic acids is 2. The van der Waals surface area contributed by atoms with Gasteiger partial charge in [-0.25, -0.2) is 4.79 Å². The van der Waals surface area contributed by atoms with Crippen molar-refractivity contribution in [3.8, 4) is 0 Å². The molecule has 2 aliphatic heterocycles. The molecule has 2 fully saturated rings. The van der Waals surface area contributed by atoms with Crippen LogP contribution in [-0.2, 0) is 9.53 Å². The molecule has 112 valence electrons. The van der Waals surface area contributed by atoms with E-state index in [1.54, 1.807) is 11.0 Å². The van der Waals surface area contributed by atoms with Crippen molar-refractivity contribution in [3.63, 3.8) is 0 Å². The van der Waals surface area contributed by atoms with Gasteiger partial charge in [-0.3, -0.25) is 9.69 Å². The van der Waals surface area contributed by atoms with E-state index in [-0.39, 0.29) is 18.0 Å². The molecule has 1 aromatic rings.